The van der Waals surface area contributed by atoms with Crippen molar-refractivity contribution >= 4 is 34.9 Å². The van der Waals surface area contributed by atoms with Gasteiger partial charge in [-0.1, -0.05) is 35.9 Å². The van der Waals surface area contributed by atoms with Crippen LogP contribution in [-0.2, 0) is 22.6 Å². The summed E-state index contributed by atoms with van der Waals surface area (Å²) in [5.41, 5.74) is 2.25. The van der Waals surface area contributed by atoms with Crippen LogP contribution in [-0.4, -0.2) is 41.2 Å². The molecular formula is C31H26ClF2N3O5. The highest BCUT2D eigenvalue weighted by molar-refractivity contribution is 6.30. The summed E-state index contributed by atoms with van der Waals surface area (Å²) < 4.78 is 40.1. The van der Waals surface area contributed by atoms with Gasteiger partial charge in [-0.25, -0.2) is 18.6 Å². The summed E-state index contributed by atoms with van der Waals surface area (Å²) in [4.78, 5) is 28.6. The summed E-state index contributed by atoms with van der Waals surface area (Å²) in [5, 5.41) is 15.5. The Hall–Kier alpha value is -4.54. The van der Waals surface area contributed by atoms with Gasteiger partial charge in [0.2, 0.25) is 11.8 Å². The molecule has 1 amide bonds. The van der Waals surface area contributed by atoms with Gasteiger partial charge in [0.1, 0.15) is 18.2 Å². The van der Waals surface area contributed by atoms with Crippen molar-refractivity contribution < 1.29 is 33.0 Å². The number of aromatic nitrogens is 1. The molecule has 1 fully saturated rings. The van der Waals surface area contributed by atoms with E-state index >= 15 is 4.39 Å². The lowest BCUT2D eigenvalue weighted by molar-refractivity contribution is -0.115. The van der Waals surface area contributed by atoms with Gasteiger partial charge in [-0.05, 0) is 54.4 Å². The van der Waals surface area contributed by atoms with Crippen LogP contribution in [0.1, 0.15) is 27.9 Å². The van der Waals surface area contributed by atoms with E-state index in [0.717, 1.165) is 6.42 Å². The summed E-state index contributed by atoms with van der Waals surface area (Å²) in [6, 6.07) is 18.0. The van der Waals surface area contributed by atoms with Gasteiger partial charge in [-0.3, -0.25) is 4.79 Å². The predicted molar refractivity (Wildman–Crippen MR) is 154 cm³/mol. The summed E-state index contributed by atoms with van der Waals surface area (Å²) in [6.45, 7) is 1.07. The van der Waals surface area contributed by atoms with Gasteiger partial charge < -0.3 is 25.2 Å². The fraction of sp³-hybridized carbons (Fsp3) is 0.194. The van der Waals surface area contributed by atoms with E-state index in [4.69, 9.17) is 21.1 Å². The highest BCUT2D eigenvalue weighted by Crippen LogP contribution is 2.27. The fourth-order valence-corrected chi connectivity index (χ4v) is 4.42. The first-order valence-electron chi connectivity index (χ1n) is 13.1. The molecule has 0 spiro atoms. The van der Waals surface area contributed by atoms with E-state index in [0.29, 0.717) is 41.3 Å². The maximum atomic E-state index is 15.1. The molecule has 5 rings (SSSR count). The molecule has 216 valence electrons. The number of carbonyl (C=O) groups is 2. The monoisotopic (exact) mass is 593 g/mol. The minimum atomic E-state index is -1.10. The average Bonchev–Trinajstić information content (AvgIpc) is 2.93. The van der Waals surface area contributed by atoms with Gasteiger partial charge in [0.25, 0.3) is 0 Å². The number of carboxylic acid groups (broad SMARTS) is 1. The first-order chi connectivity index (χ1) is 20.2. The second-order valence-electron chi connectivity index (χ2n) is 9.64. The molecule has 2 heterocycles. The average molecular weight is 594 g/mol. The van der Waals surface area contributed by atoms with Crippen molar-refractivity contribution in [3.63, 3.8) is 0 Å². The molecule has 3 N–H and O–H groups in total. The molecule has 1 aliphatic rings. The largest absolute Gasteiger partial charge is 0.478 e. The number of nitrogens with one attached hydrogen (secondary N) is 2. The molecule has 4 aromatic rings. The van der Waals surface area contributed by atoms with E-state index in [1.54, 1.807) is 30.3 Å². The molecule has 3 aromatic carbocycles. The standard InChI is InChI=1S/C31H26ClF2N3O5/c32-22-8-6-21(25(34)15-22)17-42-30-3-1-2-26(37-30)19-5-4-18(24(33)12-19)14-29(38)36-27-9-7-20(31(39)40)13-28(27)35-16-23-10-11-41-23/h1-9,12-13,15,23,35H,10-11,14,16-17H2,(H,36,38)(H,39,40). The number of hydrogen-bond donors (Lipinski definition) is 3. The van der Waals surface area contributed by atoms with Crippen molar-refractivity contribution in [1.29, 1.82) is 0 Å². The lowest BCUT2D eigenvalue weighted by atomic mass is 10.0. The quantitative estimate of drug-likeness (QED) is 0.186. The molecule has 1 aliphatic heterocycles. The summed E-state index contributed by atoms with van der Waals surface area (Å²) in [6.07, 6.45) is 0.655. The number of anilines is 2. The molecule has 0 saturated carbocycles. The first kappa shape index (κ1) is 29.0. The highest BCUT2D eigenvalue weighted by Gasteiger charge is 2.19. The third-order valence-corrected chi connectivity index (χ3v) is 6.90. The van der Waals surface area contributed by atoms with E-state index in [1.807, 2.05) is 0 Å². The van der Waals surface area contributed by atoms with Crippen LogP contribution in [0.15, 0.2) is 72.8 Å². The van der Waals surface area contributed by atoms with Gasteiger partial charge in [0, 0.05) is 35.4 Å². The van der Waals surface area contributed by atoms with Gasteiger partial charge in [0.05, 0.1) is 35.2 Å². The van der Waals surface area contributed by atoms with Crippen LogP contribution in [0.25, 0.3) is 11.3 Å². The van der Waals surface area contributed by atoms with E-state index in [2.05, 4.69) is 15.6 Å². The number of aromatic carboxylic acids is 1. The maximum absolute atomic E-state index is 15.1. The number of ether oxygens (including phenoxy) is 2. The Kier molecular flexibility index (Phi) is 8.94. The minimum absolute atomic E-state index is 0.0165. The molecular weight excluding hydrogens is 568 g/mol. The van der Waals surface area contributed by atoms with Gasteiger partial charge in [-0.2, -0.15) is 0 Å². The fourth-order valence-electron chi connectivity index (χ4n) is 4.27. The number of benzene rings is 3. The van der Waals surface area contributed by atoms with E-state index in [1.165, 1.54) is 42.5 Å². The van der Waals surface area contributed by atoms with Crippen LogP contribution in [0.3, 0.4) is 0 Å². The zero-order valence-electron chi connectivity index (χ0n) is 22.2. The lowest BCUT2D eigenvalue weighted by Gasteiger charge is -2.27. The van der Waals surface area contributed by atoms with E-state index < -0.39 is 23.5 Å². The Morgan fingerprint density at radius 2 is 1.79 bits per heavy atom. The van der Waals surface area contributed by atoms with Crippen LogP contribution in [0.4, 0.5) is 20.2 Å². The van der Waals surface area contributed by atoms with Crippen LogP contribution in [0.5, 0.6) is 5.88 Å². The molecule has 0 radical (unpaired) electrons. The van der Waals surface area contributed by atoms with Crippen LogP contribution >= 0.6 is 11.6 Å². The number of pyridine rings is 1. The molecule has 1 unspecified atom stereocenters. The number of carboxylic acids is 1. The number of amides is 1. The zero-order valence-corrected chi connectivity index (χ0v) is 23.0. The maximum Gasteiger partial charge on any atom is 0.335 e. The Bertz CT molecular complexity index is 1630. The Balaban J connectivity index is 1.24. The Morgan fingerprint density at radius 3 is 2.50 bits per heavy atom. The van der Waals surface area contributed by atoms with Gasteiger partial charge in [-0.15, -0.1) is 0 Å². The first-order valence-corrected chi connectivity index (χ1v) is 13.5. The number of nitrogens with zero attached hydrogens (tertiary/aromatic N) is 1. The lowest BCUT2D eigenvalue weighted by Crippen LogP contribution is -2.33. The van der Waals surface area contributed by atoms with Crippen molar-refractivity contribution in [3.05, 3.63) is 106 Å². The molecule has 1 aromatic heterocycles. The van der Waals surface area contributed by atoms with Crippen LogP contribution < -0.4 is 15.4 Å². The van der Waals surface area contributed by atoms with Gasteiger partial charge >= 0.3 is 5.97 Å². The van der Waals surface area contributed by atoms with Crippen molar-refractivity contribution in [3.8, 4) is 17.1 Å². The molecule has 1 atom stereocenters. The topological polar surface area (TPSA) is 110 Å². The SMILES string of the molecule is O=C(Cc1ccc(-c2cccc(OCc3ccc(Cl)cc3F)n2)cc1F)Nc1ccc(C(=O)O)cc1NCC1CCO1. The Labute approximate surface area is 245 Å². The highest BCUT2D eigenvalue weighted by atomic mass is 35.5. The van der Waals surface area contributed by atoms with Crippen molar-refractivity contribution in [2.75, 3.05) is 23.8 Å². The molecule has 42 heavy (non-hydrogen) atoms. The molecule has 0 bridgehead atoms. The smallest absolute Gasteiger partial charge is 0.335 e. The number of rotatable bonds is 11. The normalized spacial score (nSPS) is 14.1. The van der Waals surface area contributed by atoms with E-state index in [9.17, 15) is 19.1 Å². The van der Waals surface area contributed by atoms with Crippen molar-refractivity contribution in [2.45, 2.75) is 25.6 Å². The third kappa shape index (κ3) is 7.20. The third-order valence-electron chi connectivity index (χ3n) is 6.67. The van der Waals surface area contributed by atoms with Crippen molar-refractivity contribution in [1.82, 2.24) is 4.98 Å². The Morgan fingerprint density at radius 1 is 1.00 bits per heavy atom. The predicted octanol–water partition coefficient (Wildman–Crippen LogP) is 6.34. The summed E-state index contributed by atoms with van der Waals surface area (Å²) in [7, 11) is 0. The molecule has 11 heteroatoms. The summed E-state index contributed by atoms with van der Waals surface area (Å²) >= 11 is 5.79. The number of hydrogen-bond acceptors (Lipinski definition) is 6. The van der Waals surface area contributed by atoms with Crippen LogP contribution in [0, 0.1) is 11.6 Å². The zero-order chi connectivity index (χ0) is 29.6. The molecule has 8 nitrogen and oxygen atoms in total. The van der Waals surface area contributed by atoms with Gasteiger partial charge in [0.15, 0.2) is 0 Å². The van der Waals surface area contributed by atoms with Crippen molar-refractivity contribution in [2.24, 2.45) is 0 Å². The second-order valence-corrected chi connectivity index (χ2v) is 10.1. The minimum Gasteiger partial charge on any atom is -0.478 e. The molecule has 1 saturated heterocycles. The number of carbonyl (C=O) groups excluding carboxylic acids is 1. The second kappa shape index (κ2) is 13.0. The van der Waals surface area contributed by atoms with Crippen LogP contribution in [0.2, 0.25) is 5.02 Å². The summed E-state index contributed by atoms with van der Waals surface area (Å²) in [5.74, 6) is -2.43. The van der Waals surface area contributed by atoms with E-state index in [-0.39, 0.29) is 41.2 Å². The number of halogens is 3. The molecule has 0 aliphatic carbocycles.